The Morgan fingerprint density at radius 3 is 2.55 bits per heavy atom. The highest BCUT2D eigenvalue weighted by Crippen LogP contribution is 2.45. The van der Waals surface area contributed by atoms with Crippen LogP contribution in [0.3, 0.4) is 0 Å². The average Bonchev–Trinajstić information content (AvgIpc) is 3.24. The second kappa shape index (κ2) is 8.51. The third-order valence-corrected chi connectivity index (χ3v) is 6.10. The van der Waals surface area contributed by atoms with Crippen LogP contribution in [0.1, 0.15) is 37.9 Å². The quantitative estimate of drug-likeness (QED) is 0.721. The van der Waals surface area contributed by atoms with Crippen LogP contribution in [0, 0.1) is 18.8 Å². The van der Waals surface area contributed by atoms with Gasteiger partial charge in [0.15, 0.2) is 0 Å². The van der Waals surface area contributed by atoms with Crippen molar-refractivity contribution in [3.8, 4) is 0 Å². The molecule has 0 bridgehead atoms. The number of benzene rings is 1. The fourth-order valence-corrected chi connectivity index (χ4v) is 4.78. The van der Waals surface area contributed by atoms with Crippen molar-refractivity contribution in [3.63, 3.8) is 0 Å². The molecule has 1 amide bonds. The van der Waals surface area contributed by atoms with Gasteiger partial charge in [-0.15, -0.1) is 12.4 Å². The number of rotatable bonds is 3. The van der Waals surface area contributed by atoms with E-state index in [1.807, 2.05) is 4.90 Å². The maximum absolute atomic E-state index is 13.1. The molecule has 0 saturated carbocycles. The van der Waals surface area contributed by atoms with E-state index in [0.29, 0.717) is 29.0 Å². The molecule has 7 heteroatoms. The molecule has 0 unspecified atom stereocenters. The van der Waals surface area contributed by atoms with Gasteiger partial charge in [0.05, 0.1) is 18.2 Å². The number of ether oxygens (including phenoxy) is 1. The second-order valence-electron chi connectivity index (χ2n) is 7.83. The number of methoxy groups -OCH3 is 1. The second-order valence-corrected chi connectivity index (χ2v) is 7.83. The van der Waals surface area contributed by atoms with Crippen LogP contribution in [-0.2, 0) is 4.74 Å². The molecular formula is C22H26ClN3O3. The largest absolute Gasteiger partial charge is 0.465 e. The molecule has 29 heavy (non-hydrogen) atoms. The Kier molecular flexibility index (Phi) is 6.24. The molecule has 3 heterocycles. The summed E-state index contributed by atoms with van der Waals surface area (Å²) in [6, 6.07) is 10.4. The molecule has 0 aliphatic carbocycles. The van der Waals surface area contributed by atoms with E-state index in [-0.39, 0.29) is 18.3 Å². The van der Waals surface area contributed by atoms with Crippen LogP contribution in [0.4, 0.5) is 0 Å². The molecule has 4 rings (SSSR count). The van der Waals surface area contributed by atoms with Crippen LogP contribution in [0.25, 0.3) is 0 Å². The predicted octanol–water partition coefficient (Wildman–Crippen LogP) is 2.97. The van der Waals surface area contributed by atoms with E-state index in [1.54, 1.807) is 6.07 Å². The summed E-state index contributed by atoms with van der Waals surface area (Å²) >= 11 is 0. The number of carbonyl (C=O) groups excluding carboxylic acids is 2. The molecule has 3 atom stereocenters. The summed E-state index contributed by atoms with van der Waals surface area (Å²) in [6.07, 6.45) is 2.94. The standard InChI is InChI=1S/C22H25N3O3.ClH/c1-14-6-4-5-7-18(14)20-19-13-25(12-17(19)11-24(20)2)21(26)15-8-16(10-23-9-15)22(27)28-3;/h4-10,17,19-20H,11-13H2,1-3H3;1H/t17-,19+,20+;/m0./s1. The third kappa shape index (κ3) is 3.87. The van der Waals surface area contributed by atoms with E-state index in [4.69, 9.17) is 4.74 Å². The first-order valence-electron chi connectivity index (χ1n) is 9.58. The Balaban J connectivity index is 0.00000240. The van der Waals surface area contributed by atoms with Crippen molar-refractivity contribution in [1.82, 2.24) is 14.8 Å². The summed E-state index contributed by atoms with van der Waals surface area (Å²) in [5, 5.41) is 0. The van der Waals surface area contributed by atoms with Crippen LogP contribution < -0.4 is 0 Å². The summed E-state index contributed by atoms with van der Waals surface area (Å²) in [4.78, 5) is 33.2. The van der Waals surface area contributed by atoms with Crippen molar-refractivity contribution in [2.75, 3.05) is 33.8 Å². The summed E-state index contributed by atoms with van der Waals surface area (Å²) in [5.74, 6) is 0.308. The van der Waals surface area contributed by atoms with Crippen molar-refractivity contribution >= 4 is 24.3 Å². The summed E-state index contributed by atoms with van der Waals surface area (Å²) in [6.45, 7) is 4.58. The number of esters is 1. The molecule has 2 fully saturated rings. The van der Waals surface area contributed by atoms with Crippen LogP contribution in [0.2, 0.25) is 0 Å². The number of pyridine rings is 1. The van der Waals surface area contributed by atoms with Crippen molar-refractivity contribution in [2.45, 2.75) is 13.0 Å². The molecule has 2 aliphatic rings. The maximum atomic E-state index is 13.1. The third-order valence-electron chi connectivity index (χ3n) is 6.10. The molecule has 154 valence electrons. The van der Waals surface area contributed by atoms with E-state index < -0.39 is 5.97 Å². The molecular weight excluding hydrogens is 390 g/mol. The topological polar surface area (TPSA) is 62.7 Å². The number of aromatic nitrogens is 1. The number of nitrogens with zero attached hydrogens (tertiary/aromatic N) is 3. The van der Waals surface area contributed by atoms with Gasteiger partial charge in [-0.05, 0) is 37.1 Å². The fraction of sp³-hybridized carbons (Fsp3) is 0.409. The van der Waals surface area contributed by atoms with E-state index in [0.717, 1.165) is 19.6 Å². The Hall–Kier alpha value is -2.44. The van der Waals surface area contributed by atoms with Crippen molar-refractivity contribution < 1.29 is 14.3 Å². The lowest BCUT2D eigenvalue weighted by molar-refractivity contribution is 0.0600. The van der Waals surface area contributed by atoms with Gasteiger partial charge in [0.25, 0.3) is 5.91 Å². The van der Waals surface area contributed by atoms with Crippen LogP contribution in [0.5, 0.6) is 0 Å². The van der Waals surface area contributed by atoms with Crippen LogP contribution >= 0.6 is 12.4 Å². The number of hydrogen-bond acceptors (Lipinski definition) is 5. The monoisotopic (exact) mass is 415 g/mol. The smallest absolute Gasteiger partial charge is 0.339 e. The summed E-state index contributed by atoms with van der Waals surface area (Å²) in [7, 11) is 3.49. The van der Waals surface area contributed by atoms with Crippen LogP contribution in [0.15, 0.2) is 42.7 Å². The van der Waals surface area contributed by atoms with Gasteiger partial charge in [0, 0.05) is 44.0 Å². The highest BCUT2D eigenvalue weighted by atomic mass is 35.5. The molecule has 2 aliphatic heterocycles. The van der Waals surface area contributed by atoms with Crippen molar-refractivity contribution in [3.05, 3.63) is 65.0 Å². The number of likely N-dealkylation sites (tertiary alicyclic amines) is 2. The van der Waals surface area contributed by atoms with Gasteiger partial charge in [0.1, 0.15) is 0 Å². The highest BCUT2D eigenvalue weighted by molar-refractivity contribution is 5.97. The van der Waals surface area contributed by atoms with E-state index in [9.17, 15) is 9.59 Å². The molecule has 2 aromatic rings. The van der Waals surface area contributed by atoms with Gasteiger partial charge < -0.3 is 9.64 Å². The Morgan fingerprint density at radius 1 is 1.10 bits per heavy atom. The Morgan fingerprint density at radius 2 is 1.83 bits per heavy atom. The van der Waals surface area contributed by atoms with Gasteiger partial charge in [-0.3, -0.25) is 14.7 Å². The summed E-state index contributed by atoms with van der Waals surface area (Å²) < 4.78 is 4.73. The molecule has 6 nitrogen and oxygen atoms in total. The predicted molar refractivity (Wildman–Crippen MR) is 112 cm³/mol. The Bertz CT molecular complexity index is 920. The fourth-order valence-electron chi connectivity index (χ4n) is 4.78. The first-order chi connectivity index (χ1) is 13.5. The molecule has 1 aromatic carbocycles. The van der Waals surface area contributed by atoms with Crippen molar-refractivity contribution in [2.24, 2.45) is 11.8 Å². The zero-order valence-corrected chi connectivity index (χ0v) is 17.7. The number of hydrogen-bond donors (Lipinski definition) is 0. The first kappa shape index (κ1) is 21.3. The zero-order valence-electron chi connectivity index (χ0n) is 16.9. The van der Waals surface area contributed by atoms with Gasteiger partial charge in [-0.25, -0.2) is 4.79 Å². The lowest BCUT2D eigenvalue weighted by atomic mass is 9.88. The van der Waals surface area contributed by atoms with Gasteiger partial charge >= 0.3 is 5.97 Å². The number of carbonyl (C=O) groups is 2. The molecule has 0 radical (unpaired) electrons. The van der Waals surface area contributed by atoms with Gasteiger partial charge in [-0.2, -0.15) is 0 Å². The first-order valence-corrected chi connectivity index (χ1v) is 9.58. The lowest BCUT2D eigenvalue weighted by Gasteiger charge is -2.28. The zero-order chi connectivity index (χ0) is 19.8. The van der Waals surface area contributed by atoms with Crippen molar-refractivity contribution in [1.29, 1.82) is 0 Å². The maximum Gasteiger partial charge on any atom is 0.339 e. The number of aryl methyl sites for hydroxylation is 1. The SMILES string of the molecule is COC(=O)c1cncc(C(=O)N2C[C@@H]3CN(C)[C@H](c4ccccc4C)[C@@H]3C2)c1.Cl. The molecule has 0 N–H and O–H groups in total. The Labute approximate surface area is 177 Å². The van der Waals surface area contributed by atoms with E-state index >= 15 is 0 Å². The van der Waals surface area contributed by atoms with Gasteiger partial charge in [0.2, 0.25) is 0 Å². The summed E-state index contributed by atoms with van der Waals surface area (Å²) in [5.41, 5.74) is 3.37. The van der Waals surface area contributed by atoms with Gasteiger partial charge in [-0.1, -0.05) is 24.3 Å². The number of fused-ring (bicyclic) bond motifs is 1. The van der Waals surface area contributed by atoms with Crippen LogP contribution in [-0.4, -0.2) is 60.5 Å². The number of halogens is 1. The molecule has 0 spiro atoms. The minimum atomic E-state index is -0.485. The van der Waals surface area contributed by atoms with E-state index in [2.05, 4.69) is 48.1 Å². The lowest BCUT2D eigenvalue weighted by Crippen LogP contribution is -2.33. The highest BCUT2D eigenvalue weighted by Gasteiger charge is 2.47. The number of amides is 1. The minimum Gasteiger partial charge on any atom is -0.465 e. The normalized spacial score (nSPS) is 23.4. The van der Waals surface area contributed by atoms with E-state index in [1.165, 1.54) is 30.6 Å². The molecule has 2 saturated heterocycles. The molecule has 1 aromatic heterocycles. The average molecular weight is 416 g/mol. The minimum absolute atomic E-state index is 0.